The summed E-state index contributed by atoms with van der Waals surface area (Å²) in [5.41, 5.74) is 1.44. The van der Waals surface area contributed by atoms with Gasteiger partial charge in [-0.3, -0.25) is 4.79 Å². The topological polar surface area (TPSA) is 61.4 Å². The Morgan fingerprint density at radius 1 is 1.59 bits per heavy atom. The third-order valence-corrected chi connectivity index (χ3v) is 3.78. The second-order valence-electron chi connectivity index (χ2n) is 4.07. The lowest BCUT2D eigenvalue weighted by Crippen LogP contribution is -2.46. The molecule has 1 fully saturated rings. The van der Waals surface area contributed by atoms with Crippen LogP contribution in [-0.4, -0.2) is 35.1 Å². The minimum Gasteiger partial charge on any atom is -0.508 e. The lowest BCUT2D eigenvalue weighted by Gasteiger charge is -2.22. The Kier molecular flexibility index (Phi) is 3.91. The van der Waals surface area contributed by atoms with Crippen LogP contribution in [0.25, 0.3) is 0 Å². The number of rotatable bonds is 2. The summed E-state index contributed by atoms with van der Waals surface area (Å²) >= 11 is 1.77. The van der Waals surface area contributed by atoms with Crippen molar-refractivity contribution < 1.29 is 9.90 Å². The molecule has 0 aliphatic carbocycles. The van der Waals surface area contributed by atoms with Gasteiger partial charge in [-0.2, -0.15) is 11.8 Å². The fraction of sp³-hybridized carbons (Fsp3) is 0.417. The minimum absolute atomic E-state index is 0.0412. The molecule has 0 bridgehead atoms. The zero-order valence-electron chi connectivity index (χ0n) is 9.69. The van der Waals surface area contributed by atoms with E-state index in [9.17, 15) is 9.90 Å². The summed E-state index contributed by atoms with van der Waals surface area (Å²) in [4.78, 5) is 11.9. The number of phenols is 1. The maximum atomic E-state index is 11.9. The van der Waals surface area contributed by atoms with E-state index in [1.807, 2.05) is 6.92 Å². The van der Waals surface area contributed by atoms with Crippen LogP contribution in [0.1, 0.15) is 5.56 Å². The SMILES string of the molecule is Cc1ccc(NC(=O)C2CSCCN2)cc1O. The van der Waals surface area contributed by atoms with Crippen molar-refractivity contribution in [3.05, 3.63) is 23.8 Å². The largest absolute Gasteiger partial charge is 0.508 e. The minimum atomic E-state index is -0.141. The number of aromatic hydroxyl groups is 1. The fourth-order valence-electron chi connectivity index (χ4n) is 1.65. The summed E-state index contributed by atoms with van der Waals surface area (Å²) in [5.74, 6) is 2.01. The standard InChI is InChI=1S/C12H16N2O2S/c1-8-2-3-9(6-11(8)15)14-12(16)10-7-17-5-4-13-10/h2-3,6,10,13,15H,4-5,7H2,1H3,(H,14,16). The molecule has 1 aliphatic heterocycles. The van der Waals surface area contributed by atoms with Crippen molar-refractivity contribution in [3.8, 4) is 5.75 Å². The molecule has 1 heterocycles. The second-order valence-corrected chi connectivity index (χ2v) is 5.22. The Morgan fingerprint density at radius 2 is 2.41 bits per heavy atom. The number of benzene rings is 1. The lowest BCUT2D eigenvalue weighted by molar-refractivity contribution is -0.117. The molecule has 0 radical (unpaired) electrons. The van der Waals surface area contributed by atoms with Gasteiger partial charge in [-0.25, -0.2) is 0 Å². The highest BCUT2D eigenvalue weighted by atomic mass is 32.2. The van der Waals surface area contributed by atoms with Crippen molar-refractivity contribution in [2.75, 3.05) is 23.4 Å². The van der Waals surface area contributed by atoms with Crippen molar-refractivity contribution in [2.24, 2.45) is 0 Å². The van der Waals surface area contributed by atoms with Crippen LogP contribution in [0.5, 0.6) is 5.75 Å². The molecule has 1 aromatic rings. The number of amides is 1. The van der Waals surface area contributed by atoms with E-state index < -0.39 is 0 Å². The number of anilines is 1. The van der Waals surface area contributed by atoms with E-state index in [4.69, 9.17) is 0 Å². The first-order chi connectivity index (χ1) is 8.16. The monoisotopic (exact) mass is 252 g/mol. The highest BCUT2D eigenvalue weighted by Gasteiger charge is 2.20. The molecule has 1 amide bonds. The molecule has 0 spiro atoms. The maximum Gasteiger partial charge on any atom is 0.242 e. The molecule has 3 N–H and O–H groups in total. The summed E-state index contributed by atoms with van der Waals surface area (Å²) in [6, 6.07) is 5.01. The van der Waals surface area contributed by atoms with Crippen LogP contribution in [0.2, 0.25) is 0 Å². The summed E-state index contributed by atoms with van der Waals surface area (Å²) in [6.45, 7) is 2.68. The molecule has 1 unspecified atom stereocenters. The molecule has 5 heteroatoms. The zero-order chi connectivity index (χ0) is 12.3. The first-order valence-corrected chi connectivity index (χ1v) is 6.74. The highest BCUT2D eigenvalue weighted by Crippen LogP contribution is 2.21. The highest BCUT2D eigenvalue weighted by molar-refractivity contribution is 7.99. The van der Waals surface area contributed by atoms with Crippen molar-refractivity contribution >= 4 is 23.4 Å². The lowest BCUT2D eigenvalue weighted by atomic mass is 10.2. The van der Waals surface area contributed by atoms with Crippen LogP contribution in [-0.2, 0) is 4.79 Å². The van der Waals surface area contributed by atoms with Gasteiger partial charge >= 0.3 is 0 Å². The number of hydrogen-bond acceptors (Lipinski definition) is 4. The van der Waals surface area contributed by atoms with Crippen LogP contribution < -0.4 is 10.6 Å². The van der Waals surface area contributed by atoms with Gasteiger partial charge in [-0.15, -0.1) is 0 Å². The molecule has 2 rings (SSSR count). The van der Waals surface area contributed by atoms with Crippen LogP contribution in [0, 0.1) is 6.92 Å². The predicted octanol–water partition coefficient (Wildman–Crippen LogP) is 1.34. The number of thioether (sulfide) groups is 1. The van der Waals surface area contributed by atoms with Crippen molar-refractivity contribution in [1.29, 1.82) is 0 Å². The van der Waals surface area contributed by atoms with Crippen LogP contribution >= 0.6 is 11.8 Å². The van der Waals surface area contributed by atoms with E-state index in [1.54, 1.807) is 30.0 Å². The van der Waals surface area contributed by atoms with Gasteiger partial charge in [0.25, 0.3) is 0 Å². The third kappa shape index (κ3) is 3.14. The number of hydrogen-bond donors (Lipinski definition) is 3. The van der Waals surface area contributed by atoms with E-state index in [1.165, 1.54) is 0 Å². The average molecular weight is 252 g/mol. The van der Waals surface area contributed by atoms with Crippen molar-refractivity contribution in [1.82, 2.24) is 5.32 Å². The molecule has 1 aromatic carbocycles. The number of phenolic OH excluding ortho intramolecular Hbond substituents is 1. The molecule has 0 saturated carbocycles. The smallest absolute Gasteiger partial charge is 0.242 e. The molecule has 1 atom stereocenters. The van der Waals surface area contributed by atoms with Gasteiger partial charge < -0.3 is 15.7 Å². The normalized spacial score (nSPS) is 19.9. The van der Waals surface area contributed by atoms with E-state index in [0.29, 0.717) is 5.69 Å². The Balaban J connectivity index is 1.99. The molecule has 0 aromatic heterocycles. The van der Waals surface area contributed by atoms with Gasteiger partial charge in [0.2, 0.25) is 5.91 Å². The first-order valence-electron chi connectivity index (χ1n) is 5.58. The second kappa shape index (κ2) is 5.42. The van der Waals surface area contributed by atoms with Crippen LogP contribution in [0.4, 0.5) is 5.69 Å². The molecule has 4 nitrogen and oxygen atoms in total. The van der Waals surface area contributed by atoms with E-state index in [-0.39, 0.29) is 17.7 Å². The number of nitrogens with one attached hydrogen (secondary N) is 2. The third-order valence-electron chi connectivity index (χ3n) is 2.71. The van der Waals surface area contributed by atoms with Gasteiger partial charge in [0.15, 0.2) is 0 Å². The van der Waals surface area contributed by atoms with Crippen LogP contribution in [0.15, 0.2) is 18.2 Å². The Bertz CT molecular complexity index is 417. The van der Waals surface area contributed by atoms with Crippen molar-refractivity contribution in [3.63, 3.8) is 0 Å². The molecular weight excluding hydrogens is 236 g/mol. The van der Waals surface area contributed by atoms with E-state index in [2.05, 4.69) is 10.6 Å². The van der Waals surface area contributed by atoms with Gasteiger partial charge in [-0.05, 0) is 18.6 Å². The summed E-state index contributed by atoms with van der Waals surface area (Å²) in [5, 5.41) is 15.5. The molecule has 92 valence electrons. The fourth-order valence-corrected chi connectivity index (χ4v) is 2.58. The van der Waals surface area contributed by atoms with Gasteiger partial charge in [-0.1, -0.05) is 6.07 Å². The summed E-state index contributed by atoms with van der Waals surface area (Å²) in [7, 11) is 0. The molecule has 1 aliphatic rings. The van der Waals surface area contributed by atoms with Crippen LogP contribution in [0.3, 0.4) is 0 Å². The quantitative estimate of drug-likeness (QED) is 0.743. The molecular formula is C12H16N2O2S. The summed E-state index contributed by atoms with van der Waals surface area (Å²) < 4.78 is 0. The number of carbonyl (C=O) groups is 1. The van der Waals surface area contributed by atoms with Gasteiger partial charge in [0, 0.05) is 29.8 Å². The molecule has 17 heavy (non-hydrogen) atoms. The predicted molar refractivity (Wildman–Crippen MR) is 70.6 cm³/mol. The molecule has 1 saturated heterocycles. The number of aryl methyl sites for hydroxylation is 1. The Hall–Kier alpha value is -1.20. The Labute approximate surface area is 105 Å². The van der Waals surface area contributed by atoms with E-state index >= 15 is 0 Å². The average Bonchev–Trinajstić information content (AvgIpc) is 2.35. The Morgan fingerprint density at radius 3 is 3.06 bits per heavy atom. The van der Waals surface area contributed by atoms with Gasteiger partial charge in [0.1, 0.15) is 5.75 Å². The van der Waals surface area contributed by atoms with Crippen molar-refractivity contribution in [2.45, 2.75) is 13.0 Å². The number of carbonyl (C=O) groups excluding carboxylic acids is 1. The zero-order valence-corrected chi connectivity index (χ0v) is 10.5. The van der Waals surface area contributed by atoms with E-state index in [0.717, 1.165) is 23.6 Å². The summed E-state index contributed by atoms with van der Waals surface area (Å²) in [6.07, 6.45) is 0. The maximum absolute atomic E-state index is 11.9. The van der Waals surface area contributed by atoms with Gasteiger partial charge in [0.05, 0.1) is 6.04 Å². The first kappa shape index (κ1) is 12.3.